The third-order valence-electron chi connectivity index (χ3n) is 3.41. The van der Waals surface area contributed by atoms with Crippen LogP contribution in [0.3, 0.4) is 0 Å². The van der Waals surface area contributed by atoms with E-state index in [-0.39, 0.29) is 11.7 Å². The van der Waals surface area contributed by atoms with E-state index in [0.717, 1.165) is 5.56 Å². The fraction of sp³-hybridized carbons (Fsp3) is 0.235. The Morgan fingerprint density at radius 1 is 1.14 bits per heavy atom. The van der Waals surface area contributed by atoms with Gasteiger partial charge in [-0.25, -0.2) is 4.98 Å². The maximum atomic E-state index is 12.3. The molecule has 5 heteroatoms. The molecule has 1 amide bonds. The van der Waals surface area contributed by atoms with Gasteiger partial charge in [0.25, 0.3) is 5.91 Å². The first-order valence-corrected chi connectivity index (χ1v) is 7.88. The molecule has 110 valence electrons. The summed E-state index contributed by atoms with van der Waals surface area (Å²) in [7, 11) is 0. The summed E-state index contributed by atoms with van der Waals surface area (Å²) in [6, 6.07) is 9.65. The van der Waals surface area contributed by atoms with Gasteiger partial charge in [0.15, 0.2) is 5.01 Å². The Labute approximate surface area is 132 Å². The van der Waals surface area contributed by atoms with Crippen LogP contribution in [-0.2, 0) is 4.79 Å². The van der Waals surface area contributed by atoms with E-state index in [1.54, 1.807) is 11.1 Å². The number of likely N-dealkylation sites (tertiary alicyclic amines) is 1. The first kappa shape index (κ1) is 14.5. The second kappa shape index (κ2) is 6.54. The van der Waals surface area contributed by atoms with Gasteiger partial charge < -0.3 is 4.90 Å². The summed E-state index contributed by atoms with van der Waals surface area (Å²) in [4.78, 5) is 30.0. The van der Waals surface area contributed by atoms with Crippen LogP contribution in [0.1, 0.15) is 33.1 Å². The molecule has 0 radical (unpaired) electrons. The number of aromatic nitrogens is 1. The van der Waals surface area contributed by atoms with Gasteiger partial charge in [0, 0.05) is 31.5 Å². The minimum atomic E-state index is -0.0576. The summed E-state index contributed by atoms with van der Waals surface area (Å²) in [5, 5.41) is 0.625. The predicted molar refractivity (Wildman–Crippen MR) is 84.7 cm³/mol. The smallest absolute Gasteiger partial charge is 0.265 e. The number of ketones is 1. The zero-order chi connectivity index (χ0) is 15.4. The van der Waals surface area contributed by atoms with Crippen molar-refractivity contribution in [1.82, 2.24) is 9.88 Å². The lowest BCUT2D eigenvalue weighted by Crippen LogP contribution is -2.38. The Morgan fingerprint density at radius 3 is 2.59 bits per heavy atom. The van der Waals surface area contributed by atoms with Crippen LogP contribution < -0.4 is 0 Å². The van der Waals surface area contributed by atoms with Crippen molar-refractivity contribution in [2.45, 2.75) is 12.8 Å². The summed E-state index contributed by atoms with van der Waals surface area (Å²) in [5.74, 6) is 6.17. The molecule has 1 saturated heterocycles. The highest BCUT2D eigenvalue weighted by atomic mass is 32.1. The number of thiazole rings is 1. The molecule has 1 aromatic heterocycles. The van der Waals surface area contributed by atoms with Crippen LogP contribution in [0.4, 0.5) is 0 Å². The van der Waals surface area contributed by atoms with E-state index in [4.69, 9.17) is 0 Å². The van der Waals surface area contributed by atoms with Gasteiger partial charge in [-0.1, -0.05) is 24.1 Å². The van der Waals surface area contributed by atoms with E-state index >= 15 is 0 Å². The standard InChI is InChI=1S/C17H14N2O2S/c20-14-8-10-19(11-9-14)17(21)15-12-18-16(22-15)7-6-13-4-2-1-3-5-13/h1-5,12H,8-11H2. The van der Waals surface area contributed by atoms with Crippen LogP contribution in [0, 0.1) is 11.8 Å². The Morgan fingerprint density at radius 2 is 1.86 bits per heavy atom. The molecule has 1 fully saturated rings. The first-order chi connectivity index (χ1) is 10.7. The largest absolute Gasteiger partial charge is 0.337 e. The van der Waals surface area contributed by atoms with Gasteiger partial charge in [0.05, 0.1) is 6.20 Å². The first-order valence-electron chi connectivity index (χ1n) is 7.06. The van der Waals surface area contributed by atoms with E-state index in [1.165, 1.54) is 11.3 Å². The van der Waals surface area contributed by atoms with E-state index in [9.17, 15) is 9.59 Å². The molecule has 1 aliphatic rings. The maximum absolute atomic E-state index is 12.3. The SMILES string of the molecule is O=C1CCN(C(=O)c2cnc(C#Cc3ccccc3)s2)CC1. The number of carbonyl (C=O) groups excluding carboxylic acids is 2. The molecule has 0 saturated carbocycles. The lowest BCUT2D eigenvalue weighted by Gasteiger charge is -2.25. The number of hydrogen-bond acceptors (Lipinski definition) is 4. The lowest BCUT2D eigenvalue weighted by atomic mass is 10.1. The lowest BCUT2D eigenvalue weighted by molar-refractivity contribution is -0.120. The van der Waals surface area contributed by atoms with Crippen LogP contribution in [0.25, 0.3) is 0 Å². The van der Waals surface area contributed by atoms with Crippen molar-refractivity contribution in [2.75, 3.05) is 13.1 Å². The third kappa shape index (κ3) is 3.41. The van der Waals surface area contributed by atoms with Crippen molar-refractivity contribution >= 4 is 23.0 Å². The van der Waals surface area contributed by atoms with Gasteiger partial charge >= 0.3 is 0 Å². The van der Waals surface area contributed by atoms with E-state index in [0.29, 0.717) is 35.8 Å². The molecule has 4 nitrogen and oxygen atoms in total. The zero-order valence-electron chi connectivity index (χ0n) is 11.9. The molecule has 1 aliphatic heterocycles. The molecule has 2 heterocycles. The van der Waals surface area contributed by atoms with Crippen molar-refractivity contribution in [3.63, 3.8) is 0 Å². The van der Waals surface area contributed by atoms with E-state index in [1.807, 2.05) is 30.3 Å². The molecular weight excluding hydrogens is 296 g/mol. The topological polar surface area (TPSA) is 50.3 Å². The second-order valence-corrected chi connectivity index (χ2v) is 6.01. The monoisotopic (exact) mass is 310 g/mol. The molecule has 1 aromatic carbocycles. The molecule has 3 rings (SSSR count). The minimum Gasteiger partial charge on any atom is -0.337 e. The van der Waals surface area contributed by atoms with Crippen LogP contribution >= 0.6 is 11.3 Å². The number of hydrogen-bond donors (Lipinski definition) is 0. The molecular formula is C17H14N2O2S. The second-order valence-electron chi connectivity index (χ2n) is 4.98. The van der Waals surface area contributed by atoms with Gasteiger partial charge in [0.2, 0.25) is 0 Å². The Hall–Kier alpha value is -2.45. The molecule has 2 aromatic rings. The zero-order valence-corrected chi connectivity index (χ0v) is 12.7. The Balaban J connectivity index is 1.70. The van der Waals surface area contributed by atoms with Gasteiger partial charge in [-0.15, -0.1) is 11.3 Å². The Kier molecular flexibility index (Phi) is 4.31. The molecule has 0 atom stereocenters. The van der Waals surface area contributed by atoms with Crippen molar-refractivity contribution < 1.29 is 9.59 Å². The molecule has 22 heavy (non-hydrogen) atoms. The summed E-state index contributed by atoms with van der Waals surface area (Å²) in [5.41, 5.74) is 0.917. The van der Waals surface area contributed by atoms with Crippen molar-refractivity contribution in [3.05, 3.63) is 52.0 Å². The highest BCUT2D eigenvalue weighted by molar-refractivity contribution is 7.14. The van der Waals surface area contributed by atoms with Gasteiger partial charge in [-0.05, 0) is 18.1 Å². The molecule has 0 spiro atoms. The van der Waals surface area contributed by atoms with Crippen molar-refractivity contribution in [2.24, 2.45) is 0 Å². The fourth-order valence-corrected chi connectivity index (χ4v) is 2.93. The summed E-state index contributed by atoms with van der Waals surface area (Å²) >= 11 is 1.29. The number of amides is 1. The summed E-state index contributed by atoms with van der Waals surface area (Å²) in [6.07, 6.45) is 2.47. The predicted octanol–water partition coefficient (Wildman–Crippen LogP) is 2.35. The van der Waals surface area contributed by atoms with Crippen molar-refractivity contribution in [3.8, 4) is 11.8 Å². The van der Waals surface area contributed by atoms with Crippen LogP contribution in [0.5, 0.6) is 0 Å². The molecule has 0 unspecified atom stereocenters. The molecule has 0 N–H and O–H groups in total. The maximum Gasteiger partial charge on any atom is 0.265 e. The summed E-state index contributed by atoms with van der Waals surface area (Å²) < 4.78 is 0. The molecule has 0 aliphatic carbocycles. The normalized spacial score (nSPS) is 14.4. The Bertz CT molecular complexity index is 746. The fourth-order valence-electron chi connectivity index (χ4n) is 2.19. The number of piperidine rings is 1. The minimum absolute atomic E-state index is 0.0576. The number of carbonyl (C=O) groups is 2. The van der Waals surface area contributed by atoms with Gasteiger partial charge in [0.1, 0.15) is 10.7 Å². The van der Waals surface area contributed by atoms with Gasteiger partial charge in [-0.2, -0.15) is 0 Å². The highest BCUT2D eigenvalue weighted by Crippen LogP contribution is 2.17. The van der Waals surface area contributed by atoms with Crippen LogP contribution in [0.15, 0.2) is 36.5 Å². The van der Waals surface area contributed by atoms with Gasteiger partial charge in [-0.3, -0.25) is 9.59 Å². The van der Waals surface area contributed by atoms with E-state index < -0.39 is 0 Å². The number of Topliss-reactive ketones (excluding diaryl/α,β-unsaturated/α-hetero) is 1. The average molecular weight is 310 g/mol. The van der Waals surface area contributed by atoms with Crippen LogP contribution in [0.2, 0.25) is 0 Å². The number of rotatable bonds is 1. The number of nitrogens with zero attached hydrogens (tertiary/aromatic N) is 2. The summed E-state index contributed by atoms with van der Waals surface area (Å²) in [6.45, 7) is 1.00. The third-order valence-corrected chi connectivity index (χ3v) is 4.31. The highest BCUT2D eigenvalue weighted by Gasteiger charge is 2.23. The quantitative estimate of drug-likeness (QED) is 0.760. The van der Waals surface area contributed by atoms with Crippen LogP contribution in [-0.4, -0.2) is 34.7 Å². The number of benzene rings is 1. The van der Waals surface area contributed by atoms with E-state index in [2.05, 4.69) is 16.8 Å². The van der Waals surface area contributed by atoms with Crippen molar-refractivity contribution in [1.29, 1.82) is 0 Å². The molecule has 0 bridgehead atoms. The average Bonchev–Trinajstić information content (AvgIpc) is 3.03.